The first-order valence-electron chi connectivity index (χ1n) is 9.38. The molecule has 154 valence electrons. The highest BCUT2D eigenvalue weighted by Crippen LogP contribution is 2.32. The number of ether oxygens (including phenoxy) is 2. The molecule has 0 bridgehead atoms. The Morgan fingerprint density at radius 3 is 2.55 bits per heavy atom. The van der Waals surface area contributed by atoms with E-state index in [1.807, 2.05) is 38.4 Å². The van der Waals surface area contributed by atoms with Gasteiger partial charge in [0.2, 0.25) is 0 Å². The lowest BCUT2D eigenvalue weighted by Gasteiger charge is -2.24. The summed E-state index contributed by atoms with van der Waals surface area (Å²) in [5, 5.41) is 9.32. The summed E-state index contributed by atoms with van der Waals surface area (Å²) < 4.78 is 11.8. The Bertz CT molecular complexity index is 971. The minimum Gasteiger partial charge on any atom is -0.493 e. The van der Waals surface area contributed by atoms with Crippen LogP contribution in [0.4, 0.5) is 4.79 Å². The molecule has 0 spiro atoms. The van der Waals surface area contributed by atoms with Gasteiger partial charge in [0, 0.05) is 17.8 Å². The smallest absolute Gasteiger partial charge is 0.315 e. The maximum atomic E-state index is 12.4. The molecule has 0 radical (unpaired) electrons. The summed E-state index contributed by atoms with van der Waals surface area (Å²) in [6.07, 6.45) is 0. The summed E-state index contributed by atoms with van der Waals surface area (Å²) >= 11 is 1.73. The quantitative estimate of drug-likeness (QED) is 0.586. The third-order valence-electron chi connectivity index (χ3n) is 4.85. The van der Waals surface area contributed by atoms with Crippen LogP contribution in [0.1, 0.15) is 17.2 Å². The highest BCUT2D eigenvalue weighted by molar-refractivity contribution is 7.17. The first kappa shape index (κ1) is 21.0. The Morgan fingerprint density at radius 1 is 1.07 bits per heavy atom. The first-order valence-corrected chi connectivity index (χ1v) is 10.3. The zero-order chi connectivity index (χ0) is 20.8. The summed E-state index contributed by atoms with van der Waals surface area (Å²) in [7, 11) is 7.25. The maximum Gasteiger partial charge on any atom is 0.315 e. The van der Waals surface area contributed by atoms with Crippen molar-refractivity contribution in [3.63, 3.8) is 0 Å². The monoisotopic (exact) mass is 413 g/mol. The zero-order valence-electron chi connectivity index (χ0n) is 17.2. The number of rotatable bonds is 8. The van der Waals surface area contributed by atoms with E-state index in [0.717, 1.165) is 5.56 Å². The lowest BCUT2D eigenvalue weighted by molar-refractivity contribution is 0.232. The van der Waals surface area contributed by atoms with Gasteiger partial charge in [-0.15, -0.1) is 11.3 Å². The molecule has 0 aliphatic heterocycles. The number of methoxy groups -OCH3 is 2. The van der Waals surface area contributed by atoms with Gasteiger partial charge in [0.15, 0.2) is 11.5 Å². The summed E-state index contributed by atoms with van der Waals surface area (Å²) in [6.45, 7) is 0.922. The molecule has 0 aliphatic carbocycles. The second-order valence-electron chi connectivity index (χ2n) is 6.92. The van der Waals surface area contributed by atoms with E-state index in [-0.39, 0.29) is 12.1 Å². The molecule has 2 amide bonds. The van der Waals surface area contributed by atoms with E-state index in [4.69, 9.17) is 9.47 Å². The zero-order valence-corrected chi connectivity index (χ0v) is 18.0. The van der Waals surface area contributed by atoms with Crippen molar-refractivity contribution in [2.24, 2.45) is 0 Å². The molecular weight excluding hydrogens is 386 g/mol. The van der Waals surface area contributed by atoms with Gasteiger partial charge in [0.05, 0.1) is 20.3 Å². The number of hydrogen-bond acceptors (Lipinski definition) is 5. The minimum atomic E-state index is -0.203. The molecule has 0 saturated carbocycles. The van der Waals surface area contributed by atoms with Crippen LogP contribution in [0.2, 0.25) is 0 Å². The fraction of sp³-hybridized carbons (Fsp3) is 0.318. The molecule has 6 nitrogen and oxygen atoms in total. The van der Waals surface area contributed by atoms with Crippen LogP contribution in [0, 0.1) is 0 Å². The van der Waals surface area contributed by atoms with Crippen LogP contribution < -0.4 is 20.1 Å². The van der Waals surface area contributed by atoms with Crippen LogP contribution in [-0.2, 0) is 6.54 Å². The van der Waals surface area contributed by atoms with Gasteiger partial charge in [-0.3, -0.25) is 0 Å². The normalized spacial score (nSPS) is 12.0. The van der Waals surface area contributed by atoms with Crippen LogP contribution in [0.5, 0.6) is 11.5 Å². The number of urea groups is 1. The van der Waals surface area contributed by atoms with E-state index in [1.165, 1.54) is 15.6 Å². The van der Waals surface area contributed by atoms with E-state index in [1.54, 1.807) is 25.6 Å². The fourth-order valence-corrected chi connectivity index (χ4v) is 4.26. The number of thiophene rings is 1. The number of nitrogens with zero attached hydrogens (tertiary/aromatic N) is 1. The van der Waals surface area contributed by atoms with Crippen molar-refractivity contribution in [1.82, 2.24) is 15.5 Å². The van der Waals surface area contributed by atoms with Crippen molar-refractivity contribution in [2.45, 2.75) is 12.6 Å². The van der Waals surface area contributed by atoms with Gasteiger partial charge in [0.1, 0.15) is 0 Å². The largest absolute Gasteiger partial charge is 0.493 e. The van der Waals surface area contributed by atoms with Crippen LogP contribution >= 0.6 is 11.3 Å². The lowest BCUT2D eigenvalue weighted by Crippen LogP contribution is -2.40. The lowest BCUT2D eigenvalue weighted by atomic mass is 10.0. The van der Waals surface area contributed by atoms with Crippen LogP contribution in [0.3, 0.4) is 0 Å². The number of likely N-dealkylation sites (N-methyl/N-ethyl adjacent to an activating group) is 1. The minimum absolute atomic E-state index is 0.0954. The van der Waals surface area contributed by atoms with Gasteiger partial charge in [0.25, 0.3) is 0 Å². The molecule has 2 aromatic carbocycles. The number of fused-ring (bicyclic) bond motifs is 1. The Kier molecular flexibility index (Phi) is 6.95. The molecule has 0 unspecified atom stereocenters. The van der Waals surface area contributed by atoms with E-state index < -0.39 is 0 Å². The molecule has 7 heteroatoms. The first-order chi connectivity index (χ1) is 14.0. The van der Waals surface area contributed by atoms with Crippen molar-refractivity contribution in [2.75, 3.05) is 34.9 Å². The van der Waals surface area contributed by atoms with Gasteiger partial charge in [-0.05, 0) is 54.2 Å². The summed E-state index contributed by atoms with van der Waals surface area (Å²) in [6, 6.07) is 13.8. The van der Waals surface area contributed by atoms with E-state index in [0.29, 0.717) is 24.6 Å². The Labute approximate surface area is 175 Å². The number of nitrogens with one attached hydrogen (secondary N) is 2. The molecule has 1 atom stereocenters. The van der Waals surface area contributed by atoms with Crippen LogP contribution in [0.15, 0.2) is 47.8 Å². The molecule has 2 N–H and O–H groups in total. The highest BCUT2D eigenvalue weighted by atomic mass is 32.1. The molecule has 1 aromatic heterocycles. The highest BCUT2D eigenvalue weighted by Gasteiger charge is 2.19. The average molecular weight is 414 g/mol. The third-order valence-corrected chi connectivity index (χ3v) is 5.83. The SMILES string of the molecule is COc1ccc(CNC(=O)NC[C@@H](c2csc3ccccc23)N(C)C)cc1OC. The van der Waals surface area contributed by atoms with Gasteiger partial charge in [-0.1, -0.05) is 24.3 Å². The molecule has 3 rings (SSSR count). The van der Waals surface area contributed by atoms with E-state index >= 15 is 0 Å². The summed E-state index contributed by atoms with van der Waals surface area (Å²) in [5.74, 6) is 1.31. The van der Waals surface area contributed by atoms with Gasteiger partial charge in [-0.25, -0.2) is 4.79 Å². The van der Waals surface area contributed by atoms with Crippen molar-refractivity contribution < 1.29 is 14.3 Å². The number of carbonyl (C=O) groups is 1. The second kappa shape index (κ2) is 9.62. The number of carbonyl (C=O) groups excluding carboxylic acids is 1. The van der Waals surface area contributed by atoms with Gasteiger partial charge < -0.3 is 25.0 Å². The average Bonchev–Trinajstić information content (AvgIpc) is 3.16. The standard InChI is InChI=1S/C22H27N3O3S/c1-25(2)18(17-14-29-21-8-6-5-7-16(17)21)13-24-22(26)23-12-15-9-10-19(27-3)20(11-15)28-4/h5-11,14,18H,12-13H2,1-4H3,(H2,23,24,26)/t18-/m0/s1. The predicted molar refractivity (Wildman–Crippen MR) is 118 cm³/mol. The molecular formula is C22H27N3O3S. The fourth-order valence-electron chi connectivity index (χ4n) is 3.25. The predicted octanol–water partition coefficient (Wildman–Crippen LogP) is 4.02. The van der Waals surface area contributed by atoms with Gasteiger partial charge >= 0.3 is 6.03 Å². The van der Waals surface area contributed by atoms with E-state index in [2.05, 4.69) is 39.1 Å². The molecule has 3 aromatic rings. The number of amides is 2. The molecule has 1 heterocycles. The Hall–Kier alpha value is -2.77. The summed E-state index contributed by atoms with van der Waals surface area (Å²) in [5.41, 5.74) is 2.17. The second-order valence-corrected chi connectivity index (χ2v) is 7.83. The summed E-state index contributed by atoms with van der Waals surface area (Å²) in [4.78, 5) is 14.5. The van der Waals surface area contributed by atoms with E-state index in [9.17, 15) is 4.79 Å². The number of hydrogen-bond donors (Lipinski definition) is 2. The molecule has 0 fully saturated rings. The molecule has 0 aliphatic rings. The van der Waals surface area contributed by atoms with Crippen molar-refractivity contribution in [3.05, 3.63) is 59.0 Å². The number of benzene rings is 2. The van der Waals surface area contributed by atoms with Crippen LogP contribution in [0.25, 0.3) is 10.1 Å². The third kappa shape index (κ3) is 4.99. The van der Waals surface area contributed by atoms with Crippen LogP contribution in [-0.4, -0.2) is 45.8 Å². The Morgan fingerprint density at radius 2 is 1.83 bits per heavy atom. The molecule has 0 saturated heterocycles. The van der Waals surface area contributed by atoms with Crippen molar-refractivity contribution in [1.29, 1.82) is 0 Å². The molecule has 29 heavy (non-hydrogen) atoms. The maximum absolute atomic E-state index is 12.4. The Balaban J connectivity index is 1.60. The topological polar surface area (TPSA) is 62.8 Å². The van der Waals surface area contributed by atoms with Crippen molar-refractivity contribution >= 4 is 27.5 Å². The van der Waals surface area contributed by atoms with Crippen molar-refractivity contribution in [3.8, 4) is 11.5 Å². The van der Waals surface area contributed by atoms with Gasteiger partial charge in [-0.2, -0.15) is 0 Å².